The van der Waals surface area contributed by atoms with Crippen molar-refractivity contribution in [1.82, 2.24) is 4.90 Å². The molecule has 2 rings (SSSR count). The van der Waals surface area contributed by atoms with Gasteiger partial charge in [-0.2, -0.15) is 0 Å². The number of likely N-dealkylation sites (tertiary alicyclic amines) is 1. The molecule has 3 nitrogen and oxygen atoms in total. The Kier molecular flexibility index (Phi) is 5.40. The molecule has 1 aromatic carbocycles. The van der Waals surface area contributed by atoms with E-state index in [9.17, 15) is 4.79 Å². The van der Waals surface area contributed by atoms with E-state index in [4.69, 9.17) is 4.74 Å². The van der Waals surface area contributed by atoms with E-state index in [1.54, 1.807) is 6.07 Å². The van der Waals surface area contributed by atoms with Gasteiger partial charge in [0, 0.05) is 6.54 Å². The number of nitrogens with zero attached hydrogens (tertiary/aromatic N) is 1. The fourth-order valence-corrected chi connectivity index (χ4v) is 2.47. The fourth-order valence-electron chi connectivity index (χ4n) is 2.47. The zero-order valence-corrected chi connectivity index (χ0v) is 11.7. The highest BCUT2D eigenvalue weighted by Gasteiger charge is 2.14. The summed E-state index contributed by atoms with van der Waals surface area (Å²) in [5.74, 6) is 1.58. The average Bonchev–Trinajstić information content (AvgIpc) is 2.46. The predicted molar refractivity (Wildman–Crippen MR) is 76.8 cm³/mol. The van der Waals surface area contributed by atoms with Gasteiger partial charge in [0.15, 0.2) is 6.29 Å². The van der Waals surface area contributed by atoms with Crippen LogP contribution in [-0.4, -0.2) is 37.4 Å². The molecule has 0 bridgehead atoms. The van der Waals surface area contributed by atoms with Crippen molar-refractivity contribution < 1.29 is 9.53 Å². The van der Waals surface area contributed by atoms with Crippen molar-refractivity contribution in [3.63, 3.8) is 0 Å². The highest BCUT2D eigenvalue weighted by molar-refractivity contribution is 5.79. The molecule has 0 unspecified atom stereocenters. The normalized spacial score (nSPS) is 17.3. The standard InChI is InChI=1S/C16H23NO2/c1-14-7-10-17(11-8-14)9-4-12-19-16-6-3-2-5-15(16)13-18/h2-3,5-6,13-14H,4,7-12H2,1H3. The summed E-state index contributed by atoms with van der Waals surface area (Å²) in [6.07, 6.45) is 4.49. The number of aldehydes is 1. The third kappa shape index (κ3) is 4.35. The van der Waals surface area contributed by atoms with Crippen molar-refractivity contribution in [2.45, 2.75) is 26.2 Å². The lowest BCUT2D eigenvalue weighted by Crippen LogP contribution is -2.34. The highest BCUT2D eigenvalue weighted by atomic mass is 16.5. The Morgan fingerprint density at radius 2 is 2.05 bits per heavy atom. The lowest BCUT2D eigenvalue weighted by molar-refractivity contribution is 0.111. The van der Waals surface area contributed by atoms with E-state index < -0.39 is 0 Å². The Morgan fingerprint density at radius 3 is 2.79 bits per heavy atom. The van der Waals surface area contributed by atoms with E-state index in [-0.39, 0.29) is 0 Å². The minimum atomic E-state index is 0.634. The van der Waals surface area contributed by atoms with Crippen molar-refractivity contribution in [3.05, 3.63) is 29.8 Å². The van der Waals surface area contributed by atoms with Gasteiger partial charge >= 0.3 is 0 Å². The molecule has 0 aromatic heterocycles. The summed E-state index contributed by atoms with van der Waals surface area (Å²) in [7, 11) is 0. The van der Waals surface area contributed by atoms with Crippen LogP contribution in [0, 0.1) is 5.92 Å². The number of carbonyl (C=O) groups is 1. The Hall–Kier alpha value is -1.35. The zero-order chi connectivity index (χ0) is 13.5. The Bertz CT molecular complexity index is 397. The molecule has 0 N–H and O–H groups in total. The van der Waals surface area contributed by atoms with Gasteiger partial charge in [0.2, 0.25) is 0 Å². The Balaban J connectivity index is 1.68. The summed E-state index contributed by atoms with van der Waals surface area (Å²) < 4.78 is 5.68. The smallest absolute Gasteiger partial charge is 0.153 e. The minimum Gasteiger partial charge on any atom is -0.493 e. The lowest BCUT2D eigenvalue weighted by atomic mass is 9.99. The quantitative estimate of drug-likeness (QED) is 0.582. The van der Waals surface area contributed by atoms with Crippen molar-refractivity contribution >= 4 is 6.29 Å². The first-order valence-electron chi connectivity index (χ1n) is 7.19. The average molecular weight is 261 g/mol. The first-order valence-corrected chi connectivity index (χ1v) is 7.19. The summed E-state index contributed by atoms with van der Waals surface area (Å²) >= 11 is 0. The first-order chi connectivity index (χ1) is 9.29. The van der Waals surface area contributed by atoms with E-state index in [1.165, 1.54) is 25.9 Å². The van der Waals surface area contributed by atoms with Crippen LogP contribution < -0.4 is 4.74 Å². The Morgan fingerprint density at radius 1 is 1.32 bits per heavy atom. The maximum Gasteiger partial charge on any atom is 0.153 e. The molecule has 0 aliphatic carbocycles. The highest BCUT2D eigenvalue weighted by Crippen LogP contribution is 2.17. The van der Waals surface area contributed by atoms with Gasteiger partial charge in [-0.25, -0.2) is 0 Å². The molecule has 1 fully saturated rings. The number of benzene rings is 1. The molecule has 0 spiro atoms. The van der Waals surface area contributed by atoms with Crippen molar-refractivity contribution in [2.75, 3.05) is 26.2 Å². The van der Waals surface area contributed by atoms with Crippen LogP contribution >= 0.6 is 0 Å². The van der Waals surface area contributed by atoms with Gasteiger partial charge in [-0.3, -0.25) is 4.79 Å². The fraction of sp³-hybridized carbons (Fsp3) is 0.562. The largest absolute Gasteiger partial charge is 0.493 e. The number of piperidine rings is 1. The predicted octanol–water partition coefficient (Wildman–Crippen LogP) is 3.00. The topological polar surface area (TPSA) is 29.5 Å². The van der Waals surface area contributed by atoms with E-state index >= 15 is 0 Å². The van der Waals surface area contributed by atoms with Crippen LogP contribution in [0.4, 0.5) is 0 Å². The van der Waals surface area contributed by atoms with Crippen molar-refractivity contribution in [1.29, 1.82) is 0 Å². The maximum atomic E-state index is 10.8. The molecule has 1 heterocycles. The van der Waals surface area contributed by atoms with Crippen molar-refractivity contribution in [3.8, 4) is 5.75 Å². The van der Waals surface area contributed by atoms with Gasteiger partial charge in [0.05, 0.1) is 12.2 Å². The number of ether oxygens (including phenoxy) is 1. The van der Waals surface area contributed by atoms with Crippen LogP contribution in [0.5, 0.6) is 5.75 Å². The van der Waals surface area contributed by atoms with Crippen LogP contribution in [0.25, 0.3) is 0 Å². The molecular formula is C16H23NO2. The summed E-state index contributed by atoms with van der Waals surface area (Å²) in [5, 5.41) is 0. The van der Waals surface area contributed by atoms with Gasteiger partial charge in [0.1, 0.15) is 5.75 Å². The summed E-state index contributed by atoms with van der Waals surface area (Å²) in [6.45, 7) is 6.53. The number of hydrogen-bond donors (Lipinski definition) is 0. The van der Waals surface area contributed by atoms with E-state index in [0.29, 0.717) is 17.9 Å². The Labute approximate surface area is 115 Å². The van der Waals surface area contributed by atoms with Gasteiger partial charge < -0.3 is 9.64 Å². The molecule has 104 valence electrons. The van der Waals surface area contributed by atoms with Gasteiger partial charge in [0.25, 0.3) is 0 Å². The second-order valence-corrected chi connectivity index (χ2v) is 5.38. The molecule has 1 aliphatic heterocycles. The number of para-hydroxylation sites is 1. The zero-order valence-electron chi connectivity index (χ0n) is 11.7. The van der Waals surface area contributed by atoms with Crippen LogP contribution in [0.15, 0.2) is 24.3 Å². The molecule has 1 saturated heterocycles. The van der Waals surface area contributed by atoms with Crippen LogP contribution in [0.1, 0.15) is 36.5 Å². The molecule has 19 heavy (non-hydrogen) atoms. The second-order valence-electron chi connectivity index (χ2n) is 5.38. The van der Waals surface area contributed by atoms with Crippen LogP contribution in [0.2, 0.25) is 0 Å². The monoisotopic (exact) mass is 261 g/mol. The van der Waals surface area contributed by atoms with Gasteiger partial charge in [-0.1, -0.05) is 19.1 Å². The third-order valence-electron chi connectivity index (χ3n) is 3.80. The molecular weight excluding hydrogens is 238 g/mol. The van der Waals surface area contributed by atoms with E-state index in [2.05, 4.69) is 11.8 Å². The van der Waals surface area contributed by atoms with Gasteiger partial charge in [-0.15, -0.1) is 0 Å². The minimum absolute atomic E-state index is 0.634. The number of rotatable bonds is 6. The third-order valence-corrected chi connectivity index (χ3v) is 3.80. The molecule has 0 amide bonds. The number of hydrogen-bond acceptors (Lipinski definition) is 3. The van der Waals surface area contributed by atoms with Gasteiger partial charge in [-0.05, 0) is 50.4 Å². The molecule has 0 radical (unpaired) electrons. The second kappa shape index (κ2) is 7.29. The first kappa shape index (κ1) is 14.1. The van der Waals surface area contributed by atoms with Crippen LogP contribution in [-0.2, 0) is 0 Å². The number of carbonyl (C=O) groups excluding carboxylic acids is 1. The molecule has 1 aliphatic rings. The molecule has 0 saturated carbocycles. The van der Waals surface area contributed by atoms with E-state index in [1.807, 2.05) is 18.2 Å². The summed E-state index contributed by atoms with van der Waals surface area (Å²) in [5.41, 5.74) is 0.634. The van der Waals surface area contributed by atoms with Crippen molar-refractivity contribution in [2.24, 2.45) is 5.92 Å². The maximum absolute atomic E-state index is 10.8. The van der Waals surface area contributed by atoms with E-state index in [0.717, 1.165) is 25.2 Å². The summed E-state index contributed by atoms with van der Waals surface area (Å²) in [6, 6.07) is 7.39. The SMILES string of the molecule is CC1CCN(CCCOc2ccccc2C=O)CC1. The molecule has 1 aromatic rings. The van der Waals surface area contributed by atoms with Crippen LogP contribution in [0.3, 0.4) is 0 Å². The molecule has 3 heteroatoms. The lowest BCUT2D eigenvalue weighted by Gasteiger charge is -2.30. The summed E-state index contributed by atoms with van der Waals surface area (Å²) in [4.78, 5) is 13.4. The molecule has 0 atom stereocenters.